The van der Waals surface area contributed by atoms with Crippen LogP contribution in [0.15, 0.2) is 44.1 Å². The lowest BCUT2D eigenvalue weighted by Crippen LogP contribution is -2.01. The molecule has 0 spiro atoms. The van der Waals surface area contributed by atoms with Crippen LogP contribution in [-0.4, -0.2) is 5.16 Å². The highest BCUT2D eigenvalue weighted by atomic mass is 16.5. The number of aromatic nitrogens is 1. The summed E-state index contributed by atoms with van der Waals surface area (Å²) in [6, 6.07) is 8.91. The van der Waals surface area contributed by atoms with Crippen LogP contribution in [0.3, 0.4) is 0 Å². The average Bonchev–Trinajstić information content (AvgIpc) is 2.90. The smallest absolute Gasteiger partial charge is 0.336 e. The molecule has 0 saturated heterocycles. The Morgan fingerprint density at radius 3 is 2.82 bits per heavy atom. The maximum absolute atomic E-state index is 11.6. The van der Waals surface area contributed by atoms with Gasteiger partial charge in [0.05, 0.1) is 0 Å². The summed E-state index contributed by atoms with van der Waals surface area (Å²) in [6.07, 6.45) is 1.82. The molecule has 0 bridgehead atoms. The Kier molecular flexibility index (Phi) is 3.96. The fourth-order valence-electron chi connectivity index (χ4n) is 2.42. The largest absolute Gasteiger partial charge is 0.487 e. The molecule has 22 heavy (non-hydrogen) atoms. The van der Waals surface area contributed by atoms with Gasteiger partial charge in [0.1, 0.15) is 29.4 Å². The van der Waals surface area contributed by atoms with Gasteiger partial charge in [0.2, 0.25) is 0 Å². The van der Waals surface area contributed by atoms with E-state index in [2.05, 4.69) is 12.1 Å². The quantitative estimate of drug-likeness (QED) is 0.673. The van der Waals surface area contributed by atoms with Crippen molar-refractivity contribution in [3.05, 3.63) is 57.8 Å². The fourth-order valence-corrected chi connectivity index (χ4v) is 2.42. The van der Waals surface area contributed by atoms with Gasteiger partial charge in [-0.3, -0.25) is 0 Å². The van der Waals surface area contributed by atoms with E-state index in [0.717, 1.165) is 35.2 Å². The zero-order chi connectivity index (χ0) is 15.5. The van der Waals surface area contributed by atoms with E-state index in [4.69, 9.17) is 13.7 Å². The van der Waals surface area contributed by atoms with Crippen LogP contribution in [0, 0.1) is 6.92 Å². The van der Waals surface area contributed by atoms with Crippen LogP contribution >= 0.6 is 0 Å². The molecular weight excluding hydrogens is 282 g/mol. The standard InChI is InChI=1S/C17H17NO4/c1-3-4-12-8-17(19)21-16-9-14(5-6-15(12)16)20-10-13-7-11(2)22-18-13/h5-9H,3-4,10H2,1-2H3. The number of fused-ring (bicyclic) bond motifs is 1. The van der Waals surface area contributed by atoms with E-state index < -0.39 is 0 Å². The molecule has 0 atom stereocenters. The van der Waals surface area contributed by atoms with Crippen LogP contribution in [0.5, 0.6) is 5.75 Å². The summed E-state index contributed by atoms with van der Waals surface area (Å²) in [6.45, 7) is 4.22. The summed E-state index contributed by atoms with van der Waals surface area (Å²) in [5, 5.41) is 4.82. The van der Waals surface area contributed by atoms with Gasteiger partial charge in [-0.1, -0.05) is 18.5 Å². The number of rotatable bonds is 5. The second-order valence-corrected chi connectivity index (χ2v) is 5.22. The lowest BCUT2D eigenvalue weighted by Gasteiger charge is -2.07. The Labute approximate surface area is 127 Å². The zero-order valence-corrected chi connectivity index (χ0v) is 12.6. The van der Waals surface area contributed by atoms with Crippen LogP contribution in [0.1, 0.15) is 30.4 Å². The molecule has 2 heterocycles. The minimum absolute atomic E-state index is 0.307. The third-order valence-corrected chi connectivity index (χ3v) is 3.38. The maximum atomic E-state index is 11.6. The topological polar surface area (TPSA) is 65.5 Å². The Morgan fingerprint density at radius 2 is 2.09 bits per heavy atom. The van der Waals surface area contributed by atoms with Crippen molar-refractivity contribution in [1.82, 2.24) is 5.16 Å². The van der Waals surface area contributed by atoms with E-state index in [1.165, 1.54) is 0 Å². The van der Waals surface area contributed by atoms with Crippen LogP contribution in [0.25, 0.3) is 11.0 Å². The molecule has 5 nitrogen and oxygen atoms in total. The van der Waals surface area contributed by atoms with Crippen molar-refractivity contribution in [3.8, 4) is 5.75 Å². The minimum atomic E-state index is -0.333. The number of benzene rings is 1. The first-order chi connectivity index (χ1) is 10.7. The van der Waals surface area contributed by atoms with E-state index >= 15 is 0 Å². The number of ether oxygens (including phenoxy) is 1. The summed E-state index contributed by atoms with van der Waals surface area (Å²) < 4.78 is 15.9. The summed E-state index contributed by atoms with van der Waals surface area (Å²) in [5.41, 5.74) is 1.94. The molecule has 0 unspecified atom stereocenters. The third kappa shape index (κ3) is 3.03. The van der Waals surface area contributed by atoms with Crippen LogP contribution in [0.2, 0.25) is 0 Å². The highest BCUT2D eigenvalue weighted by Gasteiger charge is 2.07. The number of hydrogen-bond donors (Lipinski definition) is 0. The first-order valence-corrected chi connectivity index (χ1v) is 7.27. The number of hydrogen-bond acceptors (Lipinski definition) is 5. The van der Waals surface area contributed by atoms with Crippen molar-refractivity contribution in [2.75, 3.05) is 0 Å². The highest BCUT2D eigenvalue weighted by molar-refractivity contribution is 5.81. The van der Waals surface area contributed by atoms with Gasteiger partial charge in [-0.2, -0.15) is 0 Å². The normalized spacial score (nSPS) is 11.0. The van der Waals surface area contributed by atoms with Gasteiger partial charge in [0.15, 0.2) is 0 Å². The van der Waals surface area contributed by atoms with E-state index in [-0.39, 0.29) is 5.63 Å². The number of nitrogens with zero attached hydrogens (tertiary/aromatic N) is 1. The van der Waals surface area contributed by atoms with E-state index in [1.54, 1.807) is 12.1 Å². The monoisotopic (exact) mass is 299 g/mol. The Bertz CT molecular complexity index is 847. The molecule has 0 amide bonds. The molecule has 3 rings (SSSR count). The van der Waals surface area contributed by atoms with Gasteiger partial charge >= 0.3 is 5.63 Å². The van der Waals surface area contributed by atoms with Crippen molar-refractivity contribution in [2.24, 2.45) is 0 Å². The molecule has 0 aliphatic carbocycles. The van der Waals surface area contributed by atoms with E-state index in [0.29, 0.717) is 17.9 Å². The zero-order valence-electron chi connectivity index (χ0n) is 12.6. The van der Waals surface area contributed by atoms with Crippen molar-refractivity contribution in [2.45, 2.75) is 33.3 Å². The molecule has 3 aromatic rings. The van der Waals surface area contributed by atoms with Gasteiger partial charge < -0.3 is 13.7 Å². The predicted molar refractivity (Wildman–Crippen MR) is 82.1 cm³/mol. The van der Waals surface area contributed by atoms with Gasteiger partial charge in [0, 0.05) is 23.6 Å². The number of aryl methyl sites for hydroxylation is 2. The SMILES string of the molecule is CCCc1cc(=O)oc2cc(OCc3cc(C)on3)ccc12. The van der Waals surface area contributed by atoms with Crippen LogP contribution in [-0.2, 0) is 13.0 Å². The molecule has 114 valence electrons. The molecule has 1 aromatic carbocycles. The minimum Gasteiger partial charge on any atom is -0.487 e. The Morgan fingerprint density at radius 1 is 1.23 bits per heavy atom. The van der Waals surface area contributed by atoms with E-state index in [9.17, 15) is 4.79 Å². The molecule has 0 N–H and O–H groups in total. The average molecular weight is 299 g/mol. The lowest BCUT2D eigenvalue weighted by molar-refractivity contribution is 0.288. The summed E-state index contributed by atoms with van der Waals surface area (Å²) in [4.78, 5) is 11.6. The second-order valence-electron chi connectivity index (χ2n) is 5.22. The molecule has 0 saturated carbocycles. The summed E-state index contributed by atoms with van der Waals surface area (Å²) in [5.74, 6) is 1.37. The molecule has 0 fully saturated rings. The van der Waals surface area contributed by atoms with Crippen molar-refractivity contribution in [3.63, 3.8) is 0 Å². The van der Waals surface area contributed by atoms with Crippen molar-refractivity contribution >= 4 is 11.0 Å². The second kappa shape index (κ2) is 6.05. The van der Waals surface area contributed by atoms with Gasteiger partial charge in [0.25, 0.3) is 0 Å². The van der Waals surface area contributed by atoms with Gasteiger partial charge in [-0.25, -0.2) is 4.79 Å². The fraction of sp³-hybridized carbons (Fsp3) is 0.294. The first kappa shape index (κ1) is 14.4. The summed E-state index contributed by atoms with van der Waals surface area (Å²) in [7, 11) is 0. The lowest BCUT2D eigenvalue weighted by atomic mass is 10.1. The van der Waals surface area contributed by atoms with Gasteiger partial charge in [-0.05, 0) is 31.0 Å². The molecule has 0 aliphatic heterocycles. The summed E-state index contributed by atoms with van der Waals surface area (Å²) >= 11 is 0. The highest BCUT2D eigenvalue weighted by Crippen LogP contribution is 2.24. The Balaban J connectivity index is 1.87. The Hall–Kier alpha value is -2.56. The van der Waals surface area contributed by atoms with Crippen LogP contribution in [0.4, 0.5) is 0 Å². The molecule has 2 aromatic heterocycles. The van der Waals surface area contributed by atoms with Crippen LogP contribution < -0.4 is 10.4 Å². The molecule has 5 heteroatoms. The third-order valence-electron chi connectivity index (χ3n) is 3.38. The first-order valence-electron chi connectivity index (χ1n) is 7.27. The van der Waals surface area contributed by atoms with E-state index in [1.807, 2.05) is 25.1 Å². The van der Waals surface area contributed by atoms with Crippen molar-refractivity contribution in [1.29, 1.82) is 0 Å². The maximum Gasteiger partial charge on any atom is 0.336 e. The molecule has 0 radical (unpaired) electrons. The van der Waals surface area contributed by atoms with Crippen molar-refractivity contribution < 1.29 is 13.7 Å². The molecular formula is C17H17NO4. The molecule has 0 aliphatic rings. The predicted octanol–water partition coefficient (Wildman–Crippen LogP) is 3.62. The van der Waals surface area contributed by atoms with Gasteiger partial charge in [-0.15, -0.1) is 0 Å².